The van der Waals surface area contributed by atoms with Crippen LogP contribution >= 0.6 is 0 Å². The van der Waals surface area contributed by atoms with Gasteiger partial charge in [-0.05, 0) is 12.1 Å². The minimum atomic E-state index is -3.12. The molecular formula is C11H14N2O7S. The van der Waals surface area contributed by atoms with Gasteiger partial charge in [0.1, 0.15) is 11.4 Å². The molecule has 0 unspecified atom stereocenters. The first-order valence-corrected chi connectivity index (χ1v) is 7.20. The maximum absolute atomic E-state index is 11.0. The fourth-order valence-corrected chi connectivity index (χ4v) is 2.12. The van der Waals surface area contributed by atoms with Crippen molar-refractivity contribution in [3.8, 4) is 5.75 Å². The molecule has 116 valence electrons. The number of hydrogen-bond acceptors (Lipinski definition) is 8. The highest BCUT2D eigenvalue weighted by Gasteiger charge is 2.19. The first kappa shape index (κ1) is 15.5. The van der Waals surface area contributed by atoms with E-state index >= 15 is 0 Å². The van der Waals surface area contributed by atoms with Crippen molar-refractivity contribution >= 4 is 22.4 Å². The Kier molecular flexibility index (Phi) is 5.31. The summed E-state index contributed by atoms with van der Waals surface area (Å²) in [4.78, 5) is 10.4. The van der Waals surface area contributed by atoms with E-state index in [9.17, 15) is 18.5 Å². The third-order valence-electron chi connectivity index (χ3n) is 2.75. The fraction of sp³-hybridized carbons (Fsp3) is 0.455. The van der Waals surface area contributed by atoms with Crippen molar-refractivity contribution in [2.24, 2.45) is 0 Å². The summed E-state index contributed by atoms with van der Waals surface area (Å²) in [6.07, 6.45) is -0.189. The maximum atomic E-state index is 11.0. The molecule has 0 radical (unpaired) electrons. The monoisotopic (exact) mass is 318 g/mol. The van der Waals surface area contributed by atoms with Crippen LogP contribution in [0.5, 0.6) is 5.75 Å². The summed E-state index contributed by atoms with van der Waals surface area (Å²) >= 11 is 0. The lowest BCUT2D eigenvalue weighted by molar-refractivity contribution is -0.384. The van der Waals surface area contributed by atoms with Gasteiger partial charge in [0.2, 0.25) is 0 Å². The Morgan fingerprint density at radius 1 is 1.43 bits per heavy atom. The first-order chi connectivity index (χ1) is 10.1. The molecule has 1 saturated heterocycles. The molecule has 1 aliphatic rings. The van der Waals surface area contributed by atoms with Crippen LogP contribution in [0.1, 0.15) is 0 Å². The SMILES string of the molecule is O=[N+]([O-])c1cc(O[SH](=O)=O)ccc1NC[C@H]1COCCO1. The summed E-state index contributed by atoms with van der Waals surface area (Å²) in [5.41, 5.74) is -0.0243. The molecular weight excluding hydrogens is 304 g/mol. The summed E-state index contributed by atoms with van der Waals surface area (Å²) in [5, 5.41) is 13.9. The molecule has 0 bridgehead atoms. The zero-order chi connectivity index (χ0) is 15.2. The first-order valence-electron chi connectivity index (χ1n) is 6.10. The van der Waals surface area contributed by atoms with Crippen LogP contribution in [0.25, 0.3) is 0 Å². The number of nitrogens with zero attached hydrogens (tertiary/aromatic N) is 1. The van der Waals surface area contributed by atoms with Crippen LogP contribution in [0.15, 0.2) is 18.2 Å². The van der Waals surface area contributed by atoms with E-state index in [1.54, 1.807) is 0 Å². The molecule has 21 heavy (non-hydrogen) atoms. The number of nitro benzene ring substituents is 1. The van der Waals surface area contributed by atoms with Gasteiger partial charge >= 0.3 is 0 Å². The van der Waals surface area contributed by atoms with E-state index in [2.05, 4.69) is 9.50 Å². The standard InChI is InChI=1S/C11H14N2O7S/c14-13(15)11-5-8(20-21(16)17)1-2-10(11)12-6-9-7-18-3-4-19-9/h1-2,5,9,12,21H,3-4,6-7H2/t9-/m0/s1. The average molecular weight is 318 g/mol. The molecule has 0 spiro atoms. The fourth-order valence-electron chi connectivity index (χ4n) is 1.83. The van der Waals surface area contributed by atoms with E-state index in [-0.39, 0.29) is 23.2 Å². The quantitative estimate of drug-likeness (QED) is 0.438. The number of nitro groups is 1. The van der Waals surface area contributed by atoms with Crippen molar-refractivity contribution in [1.29, 1.82) is 0 Å². The molecule has 1 fully saturated rings. The molecule has 1 aromatic carbocycles. The van der Waals surface area contributed by atoms with Gasteiger partial charge < -0.3 is 19.0 Å². The van der Waals surface area contributed by atoms with Gasteiger partial charge in [-0.3, -0.25) is 10.1 Å². The Labute approximate surface area is 122 Å². The lowest BCUT2D eigenvalue weighted by atomic mass is 10.2. The molecule has 1 N–H and O–H groups in total. The molecule has 1 heterocycles. The summed E-state index contributed by atoms with van der Waals surface area (Å²) in [6.45, 7) is 1.78. The Morgan fingerprint density at radius 3 is 2.86 bits per heavy atom. The lowest BCUT2D eigenvalue weighted by Gasteiger charge is -2.23. The Hall–Kier alpha value is -1.91. The summed E-state index contributed by atoms with van der Waals surface area (Å²) in [6, 6.07) is 3.76. The van der Waals surface area contributed by atoms with Gasteiger partial charge in [-0.1, -0.05) is 0 Å². The predicted octanol–water partition coefficient (Wildman–Crippen LogP) is 0.327. The topological polar surface area (TPSA) is 117 Å². The Morgan fingerprint density at radius 2 is 2.24 bits per heavy atom. The van der Waals surface area contributed by atoms with Gasteiger partial charge in [-0.25, -0.2) is 0 Å². The summed E-state index contributed by atoms with van der Waals surface area (Å²) in [7, 11) is -3.12. The molecule has 0 aliphatic carbocycles. The van der Waals surface area contributed by atoms with Gasteiger partial charge in [0.25, 0.3) is 16.7 Å². The van der Waals surface area contributed by atoms with Crippen molar-refractivity contribution in [3.05, 3.63) is 28.3 Å². The zero-order valence-corrected chi connectivity index (χ0v) is 11.8. The van der Waals surface area contributed by atoms with Crippen molar-refractivity contribution in [1.82, 2.24) is 0 Å². The number of anilines is 1. The number of nitrogens with one attached hydrogen (secondary N) is 1. The van der Waals surface area contributed by atoms with Crippen LogP contribution in [0.2, 0.25) is 0 Å². The van der Waals surface area contributed by atoms with Crippen molar-refractivity contribution in [2.45, 2.75) is 6.10 Å². The van der Waals surface area contributed by atoms with Gasteiger partial charge in [-0.15, -0.1) is 0 Å². The van der Waals surface area contributed by atoms with Crippen LogP contribution in [0, 0.1) is 10.1 Å². The molecule has 1 atom stereocenters. The number of rotatable bonds is 6. The third kappa shape index (κ3) is 4.55. The van der Waals surface area contributed by atoms with Crippen molar-refractivity contribution in [3.63, 3.8) is 0 Å². The van der Waals surface area contributed by atoms with Crippen molar-refractivity contribution < 1.29 is 27.0 Å². The number of thiol groups is 1. The number of hydrogen-bond donors (Lipinski definition) is 2. The Balaban J connectivity index is 2.08. The highest BCUT2D eigenvalue weighted by Crippen LogP contribution is 2.29. The molecule has 0 saturated carbocycles. The number of benzene rings is 1. The van der Waals surface area contributed by atoms with Gasteiger partial charge in [0, 0.05) is 6.54 Å². The second kappa shape index (κ2) is 7.20. The van der Waals surface area contributed by atoms with E-state index < -0.39 is 15.9 Å². The van der Waals surface area contributed by atoms with Crippen LogP contribution in [0.3, 0.4) is 0 Å². The molecule has 2 rings (SSSR count). The minimum absolute atomic E-state index is 0.111. The summed E-state index contributed by atoms with van der Waals surface area (Å²) < 4.78 is 36.0. The average Bonchev–Trinajstić information content (AvgIpc) is 2.46. The highest BCUT2D eigenvalue weighted by molar-refractivity contribution is 7.67. The maximum Gasteiger partial charge on any atom is 0.299 e. The highest BCUT2D eigenvalue weighted by atomic mass is 32.2. The smallest absolute Gasteiger partial charge is 0.299 e. The van der Waals surface area contributed by atoms with Crippen molar-refractivity contribution in [2.75, 3.05) is 31.7 Å². The van der Waals surface area contributed by atoms with E-state index in [0.29, 0.717) is 26.4 Å². The molecule has 10 heteroatoms. The van der Waals surface area contributed by atoms with Gasteiger partial charge in [-0.2, -0.15) is 8.42 Å². The van der Waals surface area contributed by atoms with E-state index in [0.717, 1.165) is 6.07 Å². The summed E-state index contributed by atoms with van der Waals surface area (Å²) in [5.74, 6) is -0.111. The second-order valence-corrected chi connectivity index (χ2v) is 4.83. The van der Waals surface area contributed by atoms with Crippen LogP contribution in [-0.4, -0.2) is 45.8 Å². The lowest BCUT2D eigenvalue weighted by Crippen LogP contribution is -2.34. The van der Waals surface area contributed by atoms with E-state index in [1.165, 1.54) is 12.1 Å². The largest absolute Gasteiger partial charge is 0.384 e. The van der Waals surface area contributed by atoms with Crippen LogP contribution in [-0.2, 0) is 20.5 Å². The third-order valence-corrected chi connectivity index (χ3v) is 3.11. The molecule has 0 aromatic heterocycles. The molecule has 1 aromatic rings. The van der Waals surface area contributed by atoms with Crippen LogP contribution in [0.4, 0.5) is 11.4 Å². The van der Waals surface area contributed by atoms with E-state index in [1.807, 2.05) is 0 Å². The number of ether oxygens (including phenoxy) is 2. The Bertz CT molecular complexity index is 576. The molecule has 1 aliphatic heterocycles. The van der Waals surface area contributed by atoms with Crippen LogP contribution < -0.4 is 9.50 Å². The predicted molar refractivity (Wildman–Crippen MR) is 73.1 cm³/mol. The normalized spacial score (nSPS) is 18.4. The van der Waals surface area contributed by atoms with E-state index in [4.69, 9.17) is 9.47 Å². The van der Waals surface area contributed by atoms with Gasteiger partial charge in [0.05, 0.1) is 36.9 Å². The minimum Gasteiger partial charge on any atom is -0.384 e. The van der Waals surface area contributed by atoms with Gasteiger partial charge in [0.15, 0.2) is 0 Å². The molecule has 9 nitrogen and oxygen atoms in total. The zero-order valence-electron chi connectivity index (χ0n) is 10.9. The second-order valence-electron chi connectivity index (χ2n) is 4.20. The molecule has 0 amide bonds.